The molecule has 1 heterocycles. The van der Waals surface area contributed by atoms with Crippen LogP contribution in [0, 0.1) is 10.1 Å². The van der Waals surface area contributed by atoms with Gasteiger partial charge in [0.25, 0.3) is 5.69 Å². The molecule has 13 heavy (non-hydrogen) atoms. The lowest BCUT2D eigenvalue weighted by Gasteiger charge is -1.95. The molecular formula is C7H7BrN2O3. The third kappa shape index (κ3) is 1.95. The Bertz CT molecular complexity index is 359. The number of halogens is 1. The van der Waals surface area contributed by atoms with Crippen LogP contribution in [0.15, 0.2) is 12.3 Å². The van der Waals surface area contributed by atoms with Crippen molar-refractivity contribution < 1.29 is 9.72 Å². The fraction of sp³-hybridized carbons (Fsp3) is 0.286. The van der Waals surface area contributed by atoms with E-state index in [0.717, 1.165) is 0 Å². The Morgan fingerprint density at radius 1 is 1.77 bits per heavy atom. The number of aryl methyl sites for hydroxylation is 1. The first-order valence-corrected chi connectivity index (χ1v) is 4.58. The molecule has 1 aromatic rings. The topological polar surface area (TPSA) is 65.1 Å². The zero-order valence-electron chi connectivity index (χ0n) is 6.86. The van der Waals surface area contributed by atoms with Crippen LogP contribution in [0.1, 0.15) is 10.5 Å². The smallest absolute Gasteiger partial charge is 0.287 e. The highest BCUT2D eigenvalue weighted by Crippen LogP contribution is 2.15. The Hall–Kier alpha value is -1.17. The molecule has 0 aromatic carbocycles. The third-order valence-electron chi connectivity index (χ3n) is 1.61. The van der Waals surface area contributed by atoms with Crippen molar-refractivity contribution in [3.05, 3.63) is 28.1 Å². The predicted octanol–water partition coefficient (Wildman–Crippen LogP) is 1.51. The van der Waals surface area contributed by atoms with Gasteiger partial charge in [-0.05, 0) is 0 Å². The van der Waals surface area contributed by atoms with Crippen molar-refractivity contribution in [3.8, 4) is 0 Å². The number of Topliss-reactive ketones (excluding diaryl/α,β-unsaturated/α-hetero) is 1. The summed E-state index contributed by atoms with van der Waals surface area (Å²) in [7, 11) is 1.60. The zero-order chi connectivity index (χ0) is 10.0. The molecule has 0 saturated heterocycles. The summed E-state index contributed by atoms with van der Waals surface area (Å²) in [4.78, 5) is 21.0. The molecule has 0 aliphatic rings. The average molecular weight is 247 g/mol. The highest BCUT2D eigenvalue weighted by Gasteiger charge is 2.16. The zero-order valence-corrected chi connectivity index (χ0v) is 8.44. The van der Waals surface area contributed by atoms with Gasteiger partial charge in [0, 0.05) is 13.1 Å². The lowest BCUT2D eigenvalue weighted by atomic mass is 10.3. The van der Waals surface area contributed by atoms with Gasteiger partial charge in [0.15, 0.2) is 5.78 Å². The number of nitrogens with zero attached hydrogens (tertiary/aromatic N) is 2. The number of aromatic nitrogens is 1. The van der Waals surface area contributed by atoms with Crippen molar-refractivity contribution in [2.24, 2.45) is 7.05 Å². The predicted molar refractivity (Wildman–Crippen MR) is 50.2 cm³/mol. The summed E-state index contributed by atoms with van der Waals surface area (Å²) >= 11 is 3.00. The van der Waals surface area contributed by atoms with Crippen molar-refractivity contribution in [3.63, 3.8) is 0 Å². The fourth-order valence-corrected chi connectivity index (χ4v) is 1.28. The van der Waals surface area contributed by atoms with E-state index in [2.05, 4.69) is 15.9 Å². The van der Waals surface area contributed by atoms with E-state index < -0.39 is 4.92 Å². The molecule has 0 N–H and O–H groups in total. The molecule has 1 rings (SSSR count). The van der Waals surface area contributed by atoms with Gasteiger partial charge in [-0.3, -0.25) is 14.9 Å². The first-order chi connectivity index (χ1) is 6.06. The molecule has 5 nitrogen and oxygen atoms in total. The lowest BCUT2D eigenvalue weighted by molar-refractivity contribution is -0.384. The van der Waals surface area contributed by atoms with E-state index in [0.29, 0.717) is 5.69 Å². The third-order valence-corrected chi connectivity index (χ3v) is 2.12. The van der Waals surface area contributed by atoms with Crippen LogP contribution in [0.2, 0.25) is 0 Å². The SMILES string of the molecule is Cn1cc([N+](=O)[O-])cc1C(=O)CBr. The van der Waals surface area contributed by atoms with Crippen LogP contribution in [-0.2, 0) is 7.05 Å². The Balaban J connectivity index is 3.10. The van der Waals surface area contributed by atoms with Gasteiger partial charge in [-0.15, -0.1) is 0 Å². The molecule has 0 atom stereocenters. The molecule has 0 radical (unpaired) electrons. The normalized spacial score (nSPS) is 10.0. The standard InChI is InChI=1S/C7H7BrN2O3/c1-9-4-5(10(12)13)2-6(9)7(11)3-8/h2,4H,3H2,1H3. The molecule has 0 aliphatic heterocycles. The van der Waals surface area contributed by atoms with Crippen LogP contribution in [-0.4, -0.2) is 20.6 Å². The second kappa shape index (κ2) is 3.69. The molecule has 0 unspecified atom stereocenters. The quantitative estimate of drug-likeness (QED) is 0.352. The first kappa shape index (κ1) is 9.91. The Kier molecular flexibility index (Phi) is 2.82. The molecule has 0 spiro atoms. The second-order valence-corrected chi connectivity index (χ2v) is 3.07. The van der Waals surface area contributed by atoms with E-state index in [9.17, 15) is 14.9 Å². The van der Waals surface area contributed by atoms with E-state index in [-0.39, 0.29) is 16.8 Å². The maximum absolute atomic E-state index is 11.2. The minimum atomic E-state index is -0.523. The summed E-state index contributed by atoms with van der Waals surface area (Å²) in [5.74, 6) is -0.171. The Morgan fingerprint density at radius 3 is 2.77 bits per heavy atom. The molecule has 0 amide bonds. The van der Waals surface area contributed by atoms with Crippen LogP contribution < -0.4 is 0 Å². The van der Waals surface area contributed by atoms with E-state index in [1.54, 1.807) is 7.05 Å². The van der Waals surface area contributed by atoms with Crippen molar-refractivity contribution >= 4 is 27.4 Å². The summed E-state index contributed by atoms with van der Waals surface area (Å²) in [5.41, 5.74) is 0.273. The van der Waals surface area contributed by atoms with Gasteiger partial charge in [0.05, 0.1) is 22.1 Å². The highest BCUT2D eigenvalue weighted by molar-refractivity contribution is 9.09. The van der Waals surface area contributed by atoms with Gasteiger partial charge in [-0.1, -0.05) is 15.9 Å². The van der Waals surface area contributed by atoms with Crippen LogP contribution >= 0.6 is 15.9 Å². The molecule has 0 aliphatic carbocycles. The van der Waals surface area contributed by atoms with Crippen molar-refractivity contribution in [1.29, 1.82) is 0 Å². The minimum Gasteiger partial charge on any atom is -0.342 e. The number of rotatable bonds is 3. The summed E-state index contributed by atoms with van der Waals surface area (Å²) in [6.45, 7) is 0. The van der Waals surface area contributed by atoms with Gasteiger partial charge in [0.1, 0.15) is 0 Å². The van der Waals surface area contributed by atoms with Crippen molar-refractivity contribution in [2.45, 2.75) is 0 Å². The Labute approximate surface area is 82.6 Å². The summed E-state index contributed by atoms with van der Waals surface area (Å²) in [6.07, 6.45) is 1.32. The number of carbonyl (C=O) groups is 1. The van der Waals surface area contributed by atoms with Crippen molar-refractivity contribution in [1.82, 2.24) is 4.57 Å². The fourth-order valence-electron chi connectivity index (χ4n) is 0.993. The van der Waals surface area contributed by atoms with Crippen LogP contribution in [0.3, 0.4) is 0 Å². The van der Waals surface area contributed by atoms with Crippen molar-refractivity contribution in [2.75, 3.05) is 5.33 Å². The minimum absolute atomic E-state index is 0.0631. The number of hydrogen-bond acceptors (Lipinski definition) is 3. The molecule has 0 bridgehead atoms. The maximum atomic E-state index is 11.2. The first-order valence-electron chi connectivity index (χ1n) is 3.46. The number of hydrogen-bond donors (Lipinski definition) is 0. The van der Waals surface area contributed by atoms with Crippen LogP contribution in [0.5, 0.6) is 0 Å². The van der Waals surface area contributed by atoms with Crippen LogP contribution in [0.25, 0.3) is 0 Å². The molecular weight excluding hydrogens is 240 g/mol. The summed E-state index contributed by atoms with van der Waals surface area (Å²) in [6, 6.07) is 1.27. The van der Waals surface area contributed by atoms with E-state index in [4.69, 9.17) is 0 Å². The van der Waals surface area contributed by atoms with E-state index in [1.807, 2.05) is 0 Å². The largest absolute Gasteiger partial charge is 0.342 e. The van der Waals surface area contributed by atoms with E-state index >= 15 is 0 Å². The Morgan fingerprint density at radius 2 is 2.38 bits per heavy atom. The second-order valence-electron chi connectivity index (χ2n) is 2.51. The van der Waals surface area contributed by atoms with Gasteiger partial charge >= 0.3 is 0 Å². The average Bonchev–Trinajstić information content (AvgIpc) is 2.46. The highest BCUT2D eigenvalue weighted by atomic mass is 79.9. The van der Waals surface area contributed by atoms with Crippen LogP contribution in [0.4, 0.5) is 5.69 Å². The molecule has 1 aromatic heterocycles. The summed E-state index contributed by atoms with van der Waals surface area (Å²) < 4.78 is 1.45. The maximum Gasteiger partial charge on any atom is 0.287 e. The molecule has 6 heteroatoms. The number of nitro groups is 1. The van der Waals surface area contributed by atoms with Gasteiger partial charge in [0.2, 0.25) is 0 Å². The summed E-state index contributed by atoms with van der Waals surface area (Å²) in [5, 5.41) is 10.5. The van der Waals surface area contributed by atoms with E-state index in [1.165, 1.54) is 16.8 Å². The number of ketones is 1. The van der Waals surface area contributed by atoms with Gasteiger partial charge < -0.3 is 4.57 Å². The number of carbonyl (C=O) groups excluding carboxylic acids is 1. The van der Waals surface area contributed by atoms with Gasteiger partial charge in [-0.2, -0.15) is 0 Å². The molecule has 70 valence electrons. The molecule has 0 fully saturated rings. The monoisotopic (exact) mass is 246 g/mol. The molecule has 0 saturated carbocycles. The van der Waals surface area contributed by atoms with Gasteiger partial charge in [-0.25, -0.2) is 0 Å². The lowest BCUT2D eigenvalue weighted by Crippen LogP contribution is -2.05. The number of alkyl halides is 1.